The maximum atomic E-state index is 12.8. The highest BCUT2D eigenvalue weighted by molar-refractivity contribution is 5.78. The molecule has 1 amide bonds. The Bertz CT molecular complexity index is 809. The molecule has 2 aliphatic heterocycles. The van der Waals surface area contributed by atoms with Gasteiger partial charge in [0.1, 0.15) is 5.82 Å². The summed E-state index contributed by atoms with van der Waals surface area (Å²) < 4.78 is 1.86. The van der Waals surface area contributed by atoms with Crippen molar-refractivity contribution in [3.63, 3.8) is 0 Å². The Morgan fingerprint density at radius 3 is 2.93 bits per heavy atom. The summed E-state index contributed by atoms with van der Waals surface area (Å²) >= 11 is 0. The van der Waals surface area contributed by atoms with Gasteiger partial charge in [-0.25, -0.2) is 9.97 Å². The molecule has 0 unspecified atom stereocenters. The standard InChI is InChI=1S/C20H28N6O/c1-14(13-26-10-4-15(2)24-26)20(27)25-8-5-16(6-9-25)19-22-12-17-11-21-7-3-18(17)23-19/h4,10,12,14,16,21H,3,5-9,11,13H2,1-2H3/t14-/m0/s1. The Labute approximate surface area is 160 Å². The van der Waals surface area contributed by atoms with E-state index in [4.69, 9.17) is 4.98 Å². The van der Waals surface area contributed by atoms with Gasteiger partial charge in [0.15, 0.2) is 0 Å². The highest BCUT2D eigenvalue weighted by Crippen LogP contribution is 2.27. The van der Waals surface area contributed by atoms with E-state index in [9.17, 15) is 4.79 Å². The lowest BCUT2D eigenvalue weighted by Crippen LogP contribution is -2.42. The lowest BCUT2D eigenvalue weighted by atomic mass is 9.94. The number of nitrogens with zero attached hydrogens (tertiary/aromatic N) is 5. The number of nitrogens with one attached hydrogen (secondary N) is 1. The minimum atomic E-state index is -0.0617. The van der Waals surface area contributed by atoms with E-state index in [2.05, 4.69) is 15.4 Å². The van der Waals surface area contributed by atoms with E-state index in [0.717, 1.165) is 57.0 Å². The molecule has 0 bridgehead atoms. The van der Waals surface area contributed by atoms with Crippen LogP contribution in [0.15, 0.2) is 18.5 Å². The molecule has 1 fully saturated rings. The third-order valence-corrected chi connectivity index (χ3v) is 5.66. The van der Waals surface area contributed by atoms with E-state index in [1.165, 1.54) is 11.3 Å². The van der Waals surface area contributed by atoms with Crippen LogP contribution >= 0.6 is 0 Å². The first-order chi connectivity index (χ1) is 13.1. The largest absolute Gasteiger partial charge is 0.342 e. The average Bonchev–Trinajstić information content (AvgIpc) is 3.11. The number of hydrogen-bond acceptors (Lipinski definition) is 5. The van der Waals surface area contributed by atoms with Crippen molar-refractivity contribution in [2.45, 2.75) is 52.1 Å². The molecule has 27 heavy (non-hydrogen) atoms. The Hall–Kier alpha value is -2.28. The Morgan fingerprint density at radius 1 is 1.37 bits per heavy atom. The van der Waals surface area contributed by atoms with Gasteiger partial charge in [0.05, 0.1) is 18.2 Å². The Morgan fingerprint density at radius 2 is 2.19 bits per heavy atom. The van der Waals surface area contributed by atoms with E-state index in [0.29, 0.717) is 12.5 Å². The van der Waals surface area contributed by atoms with Crippen LogP contribution in [0.25, 0.3) is 0 Å². The second-order valence-corrected chi connectivity index (χ2v) is 7.81. The number of aromatic nitrogens is 4. The van der Waals surface area contributed by atoms with Gasteiger partial charge in [-0.1, -0.05) is 6.92 Å². The van der Waals surface area contributed by atoms with Crippen molar-refractivity contribution in [1.82, 2.24) is 30.0 Å². The van der Waals surface area contributed by atoms with Crippen LogP contribution in [0.2, 0.25) is 0 Å². The van der Waals surface area contributed by atoms with Crippen molar-refractivity contribution in [3.8, 4) is 0 Å². The summed E-state index contributed by atoms with van der Waals surface area (Å²) in [5.41, 5.74) is 3.40. The third kappa shape index (κ3) is 4.03. The number of piperidine rings is 1. The fourth-order valence-electron chi connectivity index (χ4n) is 4.04. The molecular formula is C20H28N6O. The van der Waals surface area contributed by atoms with Gasteiger partial charge in [-0.3, -0.25) is 9.48 Å². The molecule has 2 aliphatic rings. The molecule has 1 saturated heterocycles. The summed E-state index contributed by atoms with van der Waals surface area (Å²) in [6, 6.07) is 1.97. The molecule has 0 spiro atoms. The smallest absolute Gasteiger partial charge is 0.227 e. The molecule has 7 heteroatoms. The van der Waals surface area contributed by atoms with E-state index >= 15 is 0 Å². The normalized spacial score (nSPS) is 19.0. The topological polar surface area (TPSA) is 75.9 Å². The number of carbonyl (C=O) groups is 1. The summed E-state index contributed by atoms with van der Waals surface area (Å²) in [6.45, 7) is 8.02. The number of fused-ring (bicyclic) bond motifs is 1. The predicted molar refractivity (Wildman–Crippen MR) is 102 cm³/mol. The SMILES string of the molecule is Cc1ccn(C[C@H](C)C(=O)N2CCC(c3ncc4c(n3)CCNC4)CC2)n1. The fraction of sp³-hybridized carbons (Fsp3) is 0.600. The average molecular weight is 368 g/mol. The van der Waals surface area contributed by atoms with Crippen LogP contribution in [0.5, 0.6) is 0 Å². The van der Waals surface area contributed by atoms with E-state index < -0.39 is 0 Å². The molecule has 144 valence electrons. The number of carbonyl (C=O) groups excluding carboxylic acids is 1. The van der Waals surface area contributed by atoms with E-state index in [1.807, 2.05) is 41.9 Å². The quantitative estimate of drug-likeness (QED) is 0.888. The number of amides is 1. The van der Waals surface area contributed by atoms with Crippen molar-refractivity contribution < 1.29 is 4.79 Å². The number of rotatable bonds is 4. The molecular weight excluding hydrogens is 340 g/mol. The van der Waals surface area contributed by atoms with Crippen molar-refractivity contribution in [2.24, 2.45) is 5.92 Å². The molecule has 1 atom stereocenters. The molecule has 1 N–H and O–H groups in total. The Balaban J connectivity index is 1.33. The van der Waals surface area contributed by atoms with E-state index in [-0.39, 0.29) is 11.8 Å². The Kier molecular flexibility index (Phi) is 5.20. The van der Waals surface area contributed by atoms with Crippen molar-refractivity contribution in [2.75, 3.05) is 19.6 Å². The van der Waals surface area contributed by atoms with Gasteiger partial charge in [0, 0.05) is 62.2 Å². The van der Waals surface area contributed by atoms with Crippen molar-refractivity contribution in [3.05, 3.63) is 41.2 Å². The van der Waals surface area contributed by atoms with Gasteiger partial charge in [-0.15, -0.1) is 0 Å². The third-order valence-electron chi connectivity index (χ3n) is 5.66. The highest BCUT2D eigenvalue weighted by Gasteiger charge is 2.28. The summed E-state index contributed by atoms with van der Waals surface area (Å²) in [5.74, 6) is 1.48. The maximum Gasteiger partial charge on any atom is 0.227 e. The van der Waals surface area contributed by atoms with Gasteiger partial charge in [-0.05, 0) is 25.8 Å². The summed E-state index contributed by atoms with van der Waals surface area (Å²) in [7, 11) is 0. The van der Waals surface area contributed by atoms with Crippen LogP contribution in [-0.4, -0.2) is 50.2 Å². The van der Waals surface area contributed by atoms with Gasteiger partial charge in [0.25, 0.3) is 0 Å². The summed E-state index contributed by atoms with van der Waals surface area (Å²) in [6.07, 6.45) is 6.78. The number of likely N-dealkylation sites (tertiary alicyclic amines) is 1. The second kappa shape index (κ2) is 7.76. The van der Waals surface area contributed by atoms with Gasteiger partial charge in [-0.2, -0.15) is 5.10 Å². The van der Waals surface area contributed by atoms with E-state index in [1.54, 1.807) is 0 Å². The van der Waals surface area contributed by atoms with Crippen LogP contribution in [0, 0.1) is 12.8 Å². The molecule has 2 aromatic heterocycles. The molecule has 0 aliphatic carbocycles. The highest BCUT2D eigenvalue weighted by atomic mass is 16.2. The first-order valence-corrected chi connectivity index (χ1v) is 9.94. The van der Waals surface area contributed by atoms with Crippen molar-refractivity contribution >= 4 is 5.91 Å². The first-order valence-electron chi connectivity index (χ1n) is 9.94. The molecule has 4 heterocycles. The molecule has 4 rings (SSSR count). The summed E-state index contributed by atoms with van der Waals surface area (Å²) in [4.78, 5) is 24.2. The minimum absolute atomic E-state index is 0.0617. The molecule has 0 radical (unpaired) electrons. The monoisotopic (exact) mass is 368 g/mol. The van der Waals surface area contributed by atoms with Gasteiger partial charge < -0.3 is 10.2 Å². The zero-order valence-electron chi connectivity index (χ0n) is 16.2. The van der Waals surface area contributed by atoms with Gasteiger partial charge in [0.2, 0.25) is 5.91 Å². The first kappa shape index (κ1) is 18.1. The maximum absolute atomic E-state index is 12.8. The molecule has 7 nitrogen and oxygen atoms in total. The predicted octanol–water partition coefficient (Wildman–Crippen LogP) is 1.67. The lowest BCUT2D eigenvalue weighted by Gasteiger charge is -2.33. The lowest BCUT2D eigenvalue weighted by molar-refractivity contribution is -0.136. The van der Waals surface area contributed by atoms with Crippen LogP contribution in [0.4, 0.5) is 0 Å². The fourth-order valence-corrected chi connectivity index (χ4v) is 4.04. The minimum Gasteiger partial charge on any atom is -0.342 e. The second-order valence-electron chi connectivity index (χ2n) is 7.81. The zero-order chi connectivity index (χ0) is 18.8. The van der Waals surface area contributed by atoms with Crippen molar-refractivity contribution in [1.29, 1.82) is 0 Å². The zero-order valence-corrected chi connectivity index (χ0v) is 16.2. The molecule has 0 saturated carbocycles. The van der Waals surface area contributed by atoms with Crippen LogP contribution in [0.1, 0.15) is 48.5 Å². The molecule has 0 aromatic carbocycles. The van der Waals surface area contributed by atoms with Crippen LogP contribution < -0.4 is 5.32 Å². The van der Waals surface area contributed by atoms with Gasteiger partial charge >= 0.3 is 0 Å². The van der Waals surface area contributed by atoms with Crippen LogP contribution in [0.3, 0.4) is 0 Å². The van der Waals surface area contributed by atoms with Crippen LogP contribution in [-0.2, 0) is 24.3 Å². The number of aryl methyl sites for hydroxylation is 1. The molecule has 2 aromatic rings. The number of hydrogen-bond donors (Lipinski definition) is 1. The summed E-state index contributed by atoms with van der Waals surface area (Å²) in [5, 5.41) is 7.75.